The van der Waals surface area contributed by atoms with Crippen molar-refractivity contribution in [3.8, 4) is 11.1 Å². The van der Waals surface area contributed by atoms with E-state index in [1.165, 1.54) is 66.4 Å². The van der Waals surface area contributed by atoms with Crippen LogP contribution in [0.2, 0.25) is 0 Å². The minimum Gasteiger partial charge on any atom is -0.179 e. The van der Waals surface area contributed by atoms with Crippen LogP contribution >= 0.6 is 0 Å². The van der Waals surface area contributed by atoms with Gasteiger partial charge in [-0.05, 0) is 6.42 Å². The Morgan fingerprint density at radius 1 is 0.743 bits per heavy atom. The maximum absolute atomic E-state index is 3.30. The minimum atomic E-state index is 0.685. The molecule has 0 saturated heterocycles. The molecular weight excluding hydrogens is 500 g/mol. The van der Waals surface area contributed by atoms with Crippen molar-refractivity contribution >= 4 is 3.21 Å². The van der Waals surface area contributed by atoms with E-state index in [0.717, 1.165) is 12.8 Å². The Balaban J connectivity index is 0.000000129. The van der Waals surface area contributed by atoms with Crippen LogP contribution in [0.25, 0.3) is 11.1 Å². The fraction of sp³-hybridized carbons (Fsp3) is 0.147. The third kappa shape index (κ3) is 6.84. The third-order valence-electron chi connectivity index (χ3n) is 6.13. The molecule has 0 heterocycles. The molecule has 0 radical (unpaired) electrons. The first kappa shape index (κ1) is 25.2. The first-order valence-electron chi connectivity index (χ1n) is 12.2. The van der Waals surface area contributed by atoms with E-state index in [0.29, 0.717) is 5.92 Å². The Labute approximate surface area is 225 Å². The van der Waals surface area contributed by atoms with Crippen molar-refractivity contribution in [1.82, 2.24) is 0 Å². The predicted octanol–water partition coefficient (Wildman–Crippen LogP) is 8.19. The fourth-order valence-electron chi connectivity index (χ4n) is 4.19. The fourth-order valence-corrected chi connectivity index (χ4v) is 5.01. The molecule has 2 aliphatic carbocycles. The van der Waals surface area contributed by atoms with Crippen molar-refractivity contribution in [3.05, 3.63) is 155 Å². The summed E-state index contributed by atoms with van der Waals surface area (Å²) >= 11 is 1.46. The minimum absolute atomic E-state index is 0.685. The van der Waals surface area contributed by atoms with E-state index in [2.05, 4.69) is 135 Å². The van der Waals surface area contributed by atoms with Crippen LogP contribution in [0.15, 0.2) is 121 Å². The Kier molecular flexibility index (Phi) is 9.16. The van der Waals surface area contributed by atoms with Gasteiger partial charge in [-0.25, -0.2) is 6.08 Å². The first-order valence-corrected chi connectivity index (χ1v) is 13.4. The number of benzene rings is 4. The zero-order valence-corrected chi connectivity index (χ0v) is 22.9. The van der Waals surface area contributed by atoms with Crippen LogP contribution in [0.1, 0.15) is 42.5 Å². The van der Waals surface area contributed by atoms with Crippen molar-refractivity contribution in [2.75, 3.05) is 0 Å². The van der Waals surface area contributed by atoms with Gasteiger partial charge in [-0.1, -0.05) is 55.2 Å². The Morgan fingerprint density at radius 3 is 1.91 bits per heavy atom. The molecule has 4 aromatic rings. The predicted molar refractivity (Wildman–Crippen MR) is 145 cm³/mol. The van der Waals surface area contributed by atoms with E-state index in [1.54, 1.807) is 0 Å². The zero-order valence-electron chi connectivity index (χ0n) is 20.5. The number of allylic oxidation sites excluding steroid dienone is 4. The summed E-state index contributed by atoms with van der Waals surface area (Å²) in [6.07, 6.45) is 9.52. The molecule has 0 aromatic heterocycles. The van der Waals surface area contributed by atoms with Gasteiger partial charge in [0.25, 0.3) is 0 Å². The second kappa shape index (κ2) is 12.7. The van der Waals surface area contributed by atoms with E-state index in [-0.39, 0.29) is 0 Å². The molecule has 0 nitrogen and oxygen atoms in total. The standard InChI is InChI=1S/C13H9.C13H10.C8H11.Zr/c1-3-7-12-10(5-1)9-11-6-2-4-8-13(11)12;1-3-7-12(8-4-1)11-13-9-5-2-6-10-13;1-7(2)8-5-3-4-6-8;/h1-5,7-8H,9H2;1-10H;5-7H,3H2,1-2H3;/q-1;;-1;+2. The average Bonchev–Trinajstić information content (AvgIpc) is 3.59. The summed E-state index contributed by atoms with van der Waals surface area (Å²) in [5, 5.41) is 0. The van der Waals surface area contributed by atoms with Crippen molar-refractivity contribution < 1.29 is 24.2 Å². The first-order chi connectivity index (χ1) is 17.1. The molecule has 0 saturated carbocycles. The van der Waals surface area contributed by atoms with E-state index >= 15 is 0 Å². The summed E-state index contributed by atoms with van der Waals surface area (Å²) in [5.74, 6) is 0.685. The molecule has 0 amide bonds. The molecule has 0 unspecified atom stereocenters. The third-order valence-corrected chi connectivity index (χ3v) is 7.55. The Hall–Kier alpha value is -2.89. The maximum atomic E-state index is 3.30. The molecule has 0 atom stereocenters. The van der Waals surface area contributed by atoms with Crippen molar-refractivity contribution in [2.45, 2.75) is 26.7 Å². The van der Waals surface area contributed by atoms with Crippen molar-refractivity contribution in [3.63, 3.8) is 0 Å². The number of hydrogen-bond acceptors (Lipinski definition) is 0. The topological polar surface area (TPSA) is 0 Å². The second-order valence-corrected chi connectivity index (χ2v) is 10.1. The largest absolute Gasteiger partial charge is 0.179 e. The van der Waals surface area contributed by atoms with Gasteiger partial charge in [0.2, 0.25) is 0 Å². The SMILES string of the molecule is CC(C)C1=CC[C-]=C1.[Zr+2]=[C](c1ccccc1)c1ccccc1.[c-]1cccc2c1Cc1ccccc1-2. The molecule has 1 heteroatoms. The molecule has 2 aliphatic rings. The van der Waals surface area contributed by atoms with Gasteiger partial charge in [0, 0.05) is 0 Å². The molecule has 35 heavy (non-hydrogen) atoms. The van der Waals surface area contributed by atoms with Gasteiger partial charge >= 0.3 is 99.2 Å². The molecular formula is C34H30Zr. The van der Waals surface area contributed by atoms with Crippen LogP contribution in [0, 0.1) is 18.1 Å². The van der Waals surface area contributed by atoms with Crippen LogP contribution < -0.4 is 0 Å². The normalized spacial score (nSPS) is 12.5. The maximum Gasteiger partial charge on any atom is -0.0253 e. The molecule has 0 spiro atoms. The molecule has 4 aromatic carbocycles. The van der Waals surface area contributed by atoms with Gasteiger partial charge < -0.3 is 0 Å². The number of hydrogen-bond donors (Lipinski definition) is 0. The van der Waals surface area contributed by atoms with Gasteiger partial charge in [-0.3, -0.25) is 6.08 Å². The van der Waals surface area contributed by atoms with E-state index in [4.69, 9.17) is 0 Å². The Bertz CT molecular complexity index is 1230. The van der Waals surface area contributed by atoms with Gasteiger partial charge in [0.15, 0.2) is 0 Å². The van der Waals surface area contributed by atoms with E-state index < -0.39 is 0 Å². The summed E-state index contributed by atoms with van der Waals surface area (Å²) in [7, 11) is 0. The molecule has 0 bridgehead atoms. The van der Waals surface area contributed by atoms with Crippen LogP contribution in [0.4, 0.5) is 0 Å². The molecule has 0 fully saturated rings. The summed E-state index contributed by atoms with van der Waals surface area (Å²) < 4.78 is 1.42. The van der Waals surface area contributed by atoms with Gasteiger partial charge in [-0.2, -0.15) is 41.5 Å². The monoisotopic (exact) mass is 528 g/mol. The summed E-state index contributed by atoms with van der Waals surface area (Å²) in [5.41, 5.74) is 9.61. The van der Waals surface area contributed by atoms with Gasteiger partial charge in [0.05, 0.1) is 0 Å². The summed E-state index contributed by atoms with van der Waals surface area (Å²) in [6, 6.07) is 39.2. The Morgan fingerprint density at radius 2 is 1.34 bits per heavy atom. The van der Waals surface area contributed by atoms with Crippen LogP contribution in [0.5, 0.6) is 0 Å². The molecule has 0 aliphatic heterocycles. The molecule has 170 valence electrons. The van der Waals surface area contributed by atoms with Crippen LogP contribution in [-0.2, 0) is 30.7 Å². The molecule has 0 N–H and O–H groups in total. The van der Waals surface area contributed by atoms with E-state index in [9.17, 15) is 0 Å². The molecule has 6 rings (SSSR count). The summed E-state index contributed by atoms with van der Waals surface area (Å²) in [4.78, 5) is 0. The second-order valence-electron chi connectivity index (χ2n) is 8.91. The van der Waals surface area contributed by atoms with Crippen molar-refractivity contribution in [1.29, 1.82) is 0 Å². The van der Waals surface area contributed by atoms with Gasteiger partial charge in [0.1, 0.15) is 0 Å². The average molecular weight is 530 g/mol. The van der Waals surface area contributed by atoms with E-state index in [1.807, 2.05) is 6.07 Å². The number of rotatable bonds is 3. The van der Waals surface area contributed by atoms with Crippen LogP contribution in [0.3, 0.4) is 0 Å². The smallest absolute Gasteiger partial charge is 0.0253 e. The number of fused-ring (bicyclic) bond motifs is 3. The zero-order chi connectivity index (χ0) is 24.5. The quantitative estimate of drug-likeness (QED) is 0.207. The van der Waals surface area contributed by atoms with Crippen molar-refractivity contribution in [2.24, 2.45) is 5.92 Å². The van der Waals surface area contributed by atoms with Gasteiger partial charge in [-0.15, -0.1) is 12.0 Å². The summed E-state index contributed by atoms with van der Waals surface area (Å²) in [6.45, 7) is 4.41. The van der Waals surface area contributed by atoms with Crippen LogP contribution in [-0.4, -0.2) is 3.21 Å².